The topological polar surface area (TPSA) is 158 Å². The first-order valence-electron chi connectivity index (χ1n) is 18.5. The fourth-order valence-corrected chi connectivity index (χ4v) is 8.46. The molecular weight excluding hydrogens is 735 g/mol. The van der Waals surface area contributed by atoms with Crippen molar-refractivity contribution in [3.63, 3.8) is 0 Å². The molecule has 1 aromatic heterocycles. The number of amides is 2. The van der Waals surface area contributed by atoms with Crippen LogP contribution in [0.3, 0.4) is 0 Å². The number of carbonyl (C=O) groups is 1. The summed E-state index contributed by atoms with van der Waals surface area (Å²) in [6.07, 6.45) is -0.132. The van der Waals surface area contributed by atoms with Crippen LogP contribution in [0.1, 0.15) is 63.5 Å². The number of nitrogens with one attached hydrogen (secondary N) is 2. The third kappa shape index (κ3) is 9.92. The number of ether oxygens (including phenoxy) is 4. The molecule has 14 nitrogen and oxygen atoms in total. The van der Waals surface area contributed by atoms with E-state index in [0.717, 1.165) is 16.7 Å². The SMILES string of the molecule is CNC(=O)Nc1ccn([C@H]2C[C@H](OP(OCCC#N)N(C(C)C)C(C)C)[C@@H](COC(c3ccccc3)(c3ccc(OC)cc3)c3ccc(OC)cc3)O2)c(=O)n1. The minimum atomic E-state index is -1.69. The van der Waals surface area contributed by atoms with Crippen molar-refractivity contribution in [1.82, 2.24) is 19.5 Å². The first-order chi connectivity index (χ1) is 27.0. The molecule has 15 heteroatoms. The predicted octanol–water partition coefficient (Wildman–Crippen LogP) is 6.97. The van der Waals surface area contributed by atoms with E-state index in [-0.39, 0.29) is 44.0 Å². The molecule has 0 aliphatic carbocycles. The van der Waals surface area contributed by atoms with Crippen molar-refractivity contribution in [3.05, 3.63) is 118 Å². The highest BCUT2D eigenvalue weighted by atomic mass is 31.2. The van der Waals surface area contributed by atoms with Crippen LogP contribution in [0, 0.1) is 11.3 Å². The molecule has 3 aromatic carbocycles. The Bertz CT molecular complexity index is 1900. The van der Waals surface area contributed by atoms with Crippen molar-refractivity contribution < 1.29 is 32.8 Å². The van der Waals surface area contributed by atoms with Gasteiger partial charge in [0.2, 0.25) is 0 Å². The smallest absolute Gasteiger partial charge is 0.351 e. The number of nitriles is 1. The van der Waals surface area contributed by atoms with Crippen molar-refractivity contribution in [3.8, 4) is 17.6 Å². The molecule has 4 atom stereocenters. The van der Waals surface area contributed by atoms with Gasteiger partial charge in [-0.3, -0.25) is 9.88 Å². The van der Waals surface area contributed by atoms with Gasteiger partial charge in [0.1, 0.15) is 35.2 Å². The number of benzene rings is 3. The number of hydrogen-bond acceptors (Lipinski definition) is 11. The monoisotopic (exact) mass is 786 g/mol. The maximum Gasteiger partial charge on any atom is 0.351 e. The first kappa shape index (κ1) is 42.3. The molecule has 298 valence electrons. The minimum absolute atomic E-state index is 0.0251. The Kier molecular flexibility index (Phi) is 15.0. The normalized spacial score (nSPS) is 17.5. The summed E-state index contributed by atoms with van der Waals surface area (Å²) in [6.45, 7) is 8.48. The number of carbonyl (C=O) groups excluding carboxylic acids is 1. The molecule has 0 radical (unpaired) electrons. The largest absolute Gasteiger partial charge is 0.497 e. The van der Waals surface area contributed by atoms with Crippen molar-refractivity contribution in [2.45, 2.75) is 76.7 Å². The Morgan fingerprint density at radius 2 is 1.55 bits per heavy atom. The van der Waals surface area contributed by atoms with Crippen LogP contribution in [0.25, 0.3) is 0 Å². The van der Waals surface area contributed by atoms with Crippen molar-refractivity contribution in [1.29, 1.82) is 5.26 Å². The summed E-state index contributed by atoms with van der Waals surface area (Å²) in [4.78, 5) is 29.4. The fraction of sp³-hybridized carbons (Fsp3) is 0.415. The molecule has 2 amide bonds. The van der Waals surface area contributed by atoms with Gasteiger partial charge < -0.3 is 33.3 Å². The number of hydrogen-bond donors (Lipinski definition) is 2. The number of rotatable bonds is 18. The molecule has 0 saturated carbocycles. The Hall–Kier alpha value is -4.87. The number of urea groups is 1. The molecular formula is C41H51N6O8P. The zero-order chi connectivity index (χ0) is 40.2. The summed E-state index contributed by atoms with van der Waals surface area (Å²) < 4.78 is 41.7. The Balaban J connectivity index is 1.58. The molecule has 1 aliphatic heterocycles. The third-order valence-electron chi connectivity index (χ3n) is 9.31. The van der Waals surface area contributed by atoms with Gasteiger partial charge >= 0.3 is 11.7 Å². The van der Waals surface area contributed by atoms with E-state index in [1.807, 2.05) is 78.9 Å². The molecule has 0 bridgehead atoms. The first-order valence-corrected chi connectivity index (χ1v) is 19.6. The zero-order valence-corrected chi connectivity index (χ0v) is 33.8. The van der Waals surface area contributed by atoms with Crippen molar-refractivity contribution in [2.24, 2.45) is 0 Å². The van der Waals surface area contributed by atoms with Crippen LogP contribution in [0.5, 0.6) is 11.5 Å². The quantitative estimate of drug-likeness (QED) is 0.0610. The number of aromatic nitrogens is 2. The van der Waals surface area contributed by atoms with E-state index < -0.39 is 44.3 Å². The van der Waals surface area contributed by atoms with Crippen molar-refractivity contribution in [2.75, 3.05) is 39.8 Å². The predicted molar refractivity (Wildman–Crippen MR) is 213 cm³/mol. The van der Waals surface area contributed by atoms with Crippen LogP contribution in [0.4, 0.5) is 10.6 Å². The number of methoxy groups -OCH3 is 2. The Labute approximate surface area is 329 Å². The van der Waals surface area contributed by atoms with E-state index in [2.05, 4.69) is 54.1 Å². The van der Waals surface area contributed by atoms with Gasteiger partial charge in [0, 0.05) is 31.7 Å². The van der Waals surface area contributed by atoms with Gasteiger partial charge in [-0.25, -0.2) is 14.3 Å². The second-order valence-electron chi connectivity index (χ2n) is 13.6. The van der Waals surface area contributed by atoms with Gasteiger partial charge in [-0.15, -0.1) is 0 Å². The van der Waals surface area contributed by atoms with Gasteiger partial charge in [-0.1, -0.05) is 54.6 Å². The van der Waals surface area contributed by atoms with E-state index in [1.165, 1.54) is 23.9 Å². The number of anilines is 1. The van der Waals surface area contributed by atoms with E-state index in [1.54, 1.807) is 14.2 Å². The second-order valence-corrected chi connectivity index (χ2v) is 15.0. The van der Waals surface area contributed by atoms with Gasteiger partial charge in [0.15, 0.2) is 0 Å². The molecule has 5 rings (SSSR count). The average molecular weight is 787 g/mol. The van der Waals surface area contributed by atoms with Gasteiger partial charge in [0.25, 0.3) is 8.53 Å². The van der Waals surface area contributed by atoms with Crippen LogP contribution in [0.2, 0.25) is 0 Å². The van der Waals surface area contributed by atoms with E-state index in [9.17, 15) is 14.9 Å². The third-order valence-corrected chi connectivity index (χ3v) is 11.5. The van der Waals surface area contributed by atoms with E-state index >= 15 is 0 Å². The summed E-state index contributed by atoms with van der Waals surface area (Å²) in [5.74, 6) is 1.49. The molecule has 1 fully saturated rings. The molecule has 0 spiro atoms. The summed E-state index contributed by atoms with van der Waals surface area (Å²) in [6, 6.07) is 28.7. The second kappa shape index (κ2) is 19.8. The van der Waals surface area contributed by atoms with Crippen LogP contribution in [-0.2, 0) is 24.1 Å². The molecule has 56 heavy (non-hydrogen) atoms. The molecule has 1 unspecified atom stereocenters. The number of nitrogens with zero attached hydrogens (tertiary/aromatic N) is 4. The van der Waals surface area contributed by atoms with Gasteiger partial charge in [0.05, 0.1) is 46.0 Å². The maximum absolute atomic E-state index is 13.4. The summed E-state index contributed by atoms with van der Waals surface area (Å²) in [7, 11) is 3.03. The van der Waals surface area contributed by atoms with E-state index in [0.29, 0.717) is 11.5 Å². The van der Waals surface area contributed by atoms with Crippen LogP contribution in [0.15, 0.2) is 95.9 Å². The Morgan fingerprint density at radius 3 is 2.07 bits per heavy atom. The lowest BCUT2D eigenvalue weighted by molar-refractivity contribution is -0.0925. The Morgan fingerprint density at radius 1 is 0.964 bits per heavy atom. The van der Waals surface area contributed by atoms with Crippen LogP contribution < -0.4 is 25.8 Å². The van der Waals surface area contributed by atoms with Crippen molar-refractivity contribution >= 4 is 20.4 Å². The summed E-state index contributed by atoms with van der Waals surface area (Å²) in [5, 5.41) is 14.3. The summed E-state index contributed by atoms with van der Waals surface area (Å²) >= 11 is 0. The molecule has 1 saturated heterocycles. The molecule has 2 heterocycles. The zero-order valence-electron chi connectivity index (χ0n) is 32.9. The van der Waals surface area contributed by atoms with Gasteiger partial charge in [-0.2, -0.15) is 10.2 Å². The highest BCUT2D eigenvalue weighted by molar-refractivity contribution is 7.44. The highest BCUT2D eigenvalue weighted by Crippen LogP contribution is 2.50. The molecule has 4 aromatic rings. The standard InChI is InChI=1S/C41H51N6O8P/c1-28(2)47(29(3)4)56(53-25-11-23-42)55-35-26-38(46-24-22-37(45-40(46)49)44-39(48)43-5)54-36(35)27-52-41(30-12-9-8-10-13-30,31-14-18-33(50-6)19-15-31)32-16-20-34(51-7)21-17-32/h8-10,12-22,24,28-29,35-36,38H,11,25-27H2,1-7H3,(H2,43,44,45,48,49)/t35-,36+,38+,56?/m0/s1. The maximum atomic E-state index is 13.4. The van der Waals surface area contributed by atoms with Crippen LogP contribution >= 0.6 is 8.53 Å². The lowest BCUT2D eigenvalue weighted by atomic mass is 9.80. The van der Waals surface area contributed by atoms with Gasteiger partial charge in [-0.05, 0) is 74.7 Å². The molecule has 1 aliphatic rings. The summed E-state index contributed by atoms with van der Waals surface area (Å²) in [5.41, 5.74) is 0.795. The highest BCUT2D eigenvalue weighted by Gasteiger charge is 2.45. The fourth-order valence-electron chi connectivity index (χ4n) is 6.70. The lowest BCUT2D eigenvalue weighted by Crippen LogP contribution is -2.39. The van der Waals surface area contributed by atoms with Crippen LogP contribution in [-0.4, -0.2) is 79.0 Å². The lowest BCUT2D eigenvalue weighted by Gasteiger charge is -2.39. The minimum Gasteiger partial charge on any atom is -0.497 e. The molecule has 2 N–H and O–H groups in total. The van der Waals surface area contributed by atoms with E-state index in [4.69, 9.17) is 28.0 Å². The average Bonchev–Trinajstić information content (AvgIpc) is 3.60.